The molecule has 25 heavy (non-hydrogen) atoms. The largest absolute Gasteiger partial charge is 0.421 e. The molecule has 0 amide bonds. The third-order valence-corrected chi connectivity index (χ3v) is 3.63. The van der Waals surface area contributed by atoms with E-state index in [9.17, 15) is 9.59 Å². The normalized spacial score (nSPS) is 11.3. The van der Waals surface area contributed by atoms with Crippen molar-refractivity contribution in [3.8, 4) is 0 Å². The summed E-state index contributed by atoms with van der Waals surface area (Å²) in [5.74, 6) is -1.01. The van der Waals surface area contributed by atoms with Gasteiger partial charge in [0, 0.05) is 25.8 Å². The first-order valence-corrected chi connectivity index (χ1v) is 8.10. The lowest BCUT2D eigenvalue weighted by Gasteiger charge is -2.20. The Morgan fingerprint density at radius 1 is 0.920 bits per heavy atom. The molecule has 0 unspecified atom stereocenters. The molecule has 0 aliphatic carbocycles. The Morgan fingerprint density at radius 3 is 2.04 bits per heavy atom. The first-order valence-electron chi connectivity index (χ1n) is 8.10. The van der Waals surface area contributed by atoms with E-state index in [2.05, 4.69) is 0 Å². The third kappa shape index (κ3) is 5.92. The molecule has 0 aromatic heterocycles. The van der Waals surface area contributed by atoms with Gasteiger partial charge in [0.05, 0.1) is 0 Å². The topological polar surface area (TPSA) is 52.6 Å². The zero-order chi connectivity index (χ0) is 18.2. The van der Waals surface area contributed by atoms with Crippen LogP contribution in [0.3, 0.4) is 0 Å². The van der Waals surface area contributed by atoms with Crippen molar-refractivity contribution in [1.29, 1.82) is 0 Å². The average molecular weight is 338 g/mol. The van der Waals surface area contributed by atoms with Gasteiger partial charge in [-0.15, -0.1) is 0 Å². The van der Waals surface area contributed by atoms with Gasteiger partial charge in [-0.05, 0) is 29.7 Å². The highest BCUT2D eigenvalue weighted by Gasteiger charge is 2.21. The highest BCUT2D eigenvalue weighted by Crippen LogP contribution is 2.21. The van der Waals surface area contributed by atoms with Gasteiger partial charge < -0.3 is 9.47 Å². The number of aryl methyl sites for hydroxylation is 1. The number of benzene rings is 2. The second-order valence-electron chi connectivity index (χ2n) is 5.79. The number of rotatable bonds is 6. The molecular formula is C21H22O4. The minimum Gasteiger partial charge on any atom is -0.421 e. The first-order chi connectivity index (χ1) is 12.0. The van der Waals surface area contributed by atoms with Crippen molar-refractivity contribution < 1.29 is 19.1 Å². The molecule has 0 aliphatic rings. The number of hydrogen-bond donors (Lipinski definition) is 0. The van der Waals surface area contributed by atoms with Gasteiger partial charge in [-0.1, -0.05) is 54.6 Å². The molecule has 2 aromatic carbocycles. The molecule has 130 valence electrons. The zero-order valence-corrected chi connectivity index (χ0v) is 14.7. The monoisotopic (exact) mass is 338 g/mol. The number of ether oxygens (including phenoxy) is 2. The predicted octanol–water partition coefficient (Wildman–Crippen LogP) is 4.07. The van der Waals surface area contributed by atoms with Crippen molar-refractivity contribution >= 4 is 18.0 Å². The molecule has 0 aliphatic heterocycles. The van der Waals surface area contributed by atoms with Gasteiger partial charge in [-0.25, -0.2) is 0 Å². The highest BCUT2D eigenvalue weighted by molar-refractivity contribution is 5.69. The molecule has 0 spiro atoms. The van der Waals surface area contributed by atoms with E-state index in [1.807, 2.05) is 67.6 Å². The van der Waals surface area contributed by atoms with Gasteiger partial charge in [0.15, 0.2) is 0 Å². The van der Waals surface area contributed by atoms with Crippen LogP contribution >= 0.6 is 0 Å². The van der Waals surface area contributed by atoms with Gasteiger partial charge >= 0.3 is 11.9 Å². The second kappa shape index (κ2) is 8.83. The first kappa shape index (κ1) is 18.5. The maximum absolute atomic E-state index is 11.5. The summed E-state index contributed by atoms with van der Waals surface area (Å²) in [6.07, 6.45) is 1.37. The Morgan fingerprint density at radius 2 is 1.48 bits per heavy atom. The molecule has 2 aromatic rings. The number of carbonyl (C=O) groups excluding carboxylic acids is 2. The Bertz CT molecular complexity index is 746. The Kier molecular flexibility index (Phi) is 6.52. The molecule has 0 atom stereocenters. The zero-order valence-electron chi connectivity index (χ0n) is 14.7. The van der Waals surface area contributed by atoms with Gasteiger partial charge in [0.25, 0.3) is 6.29 Å². The summed E-state index contributed by atoms with van der Waals surface area (Å²) in [5.41, 5.74) is 3.80. The quantitative estimate of drug-likeness (QED) is 0.588. The third-order valence-electron chi connectivity index (χ3n) is 3.63. The fourth-order valence-electron chi connectivity index (χ4n) is 2.46. The van der Waals surface area contributed by atoms with Crippen molar-refractivity contribution in [2.75, 3.05) is 0 Å². The summed E-state index contributed by atoms with van der Waals surface area (Å²) < 4.78 is 10.5. The van der Waals surface area contributed by atoms with Gasteiger partial charge in [-0.2, -0.15) is 0 Å². The Labute approximate surface area is 148 Å². The van der Waals surface area contributed by atoms with E-state index in [4.69, 9.17) is 9.47 Å². The maximum Gasteiger partial charge on any atom is 0.305 e. The van der Waals surface area contributed by atoms with E-state index in [-0.39, 0.29) is 0 Å². The highest BCUT2D eigenvalue weighted by atomic mass is 16.7. The van der Waals surface area contributed by atoms with E-state index in [0.29, 0.717) is 12.0 Å². The fraction of sp³-hybridized carbons (Fsp3) is 0.238. The van der Waals surface area contributed by atoms with Crippen LogP contribution in [0.1, 0.15) is 30.5 Å². The van der Waals surface area contributed by atoms with Crippen molar-refractivity contribution in [2.45, 2.75) is 33.5 Å². The number of esters is 2. The maximum atomic E-state index is 11.5. The molecular weight excluding hydrogens is 316 g/mol. The van der Waals surface area contributed by atoms with Crippen molar-refractivity contribution in [1.82, 2.24) is 0 Å². The van der Waals surface area contributed by atoms with Crippen molar-refractivity contribution in [2.24, 2.45) is 0 Å². The summed E-state index contributed by atoms with van der Waals surface area (Å²) in [6.45, 7) is 4.59. The minimum atomic E-state index is -1.05. The second-order valence-corrected chi connectivity index (χ2v) is 5.79. The summed E-state index contributed by atoms with van der Waals surface area (Å²) in [6, 6.07) is 17.6. The summed E-state index contributed by atoms with van der Waals surface area (Å²) in [7, 11) is 0. The van der Waals surface area contributed by atoms with Crippen molar-refractivity contribution in [3.63, 3.8) is 0 Å². The number of hydrogen-bond acceptors (Lipinski definition) is 4. The molecule has 4 nitrogen and oxygen atoms in total. The molecule has 0 radical (unpaired) electrons. The lowest BCUT2D eigenvalue weighted by Crippen LogP contribution is -2.25. The molecule has 0 bridgehead atoms. The smallest absolute Gasteiger partial charge is 0.305 e. The molecule has 0 saturated heterocycles. The van der Waals surface area contributed by atoms with Crippen LogP contribution in [0.5, 0.6) is 0 Å². The standard InChI is InChI=1S/C21H22O4/c1-15-9-7-8-12-19(15)14-20(13-18-10-5-4-6-11-18)21(24-16(2)22)25-17(3)23/h4-12,14,21H,13H2,1-3H3. The summed E-state index contributed by atoms with van der Waals surface area (Å²) in [4.78, 5) is 22.9. The molecule has 0 heterocycles. The van der Waals surface area contributed by atoms with Gasteiger partial charge in [0.2, 0.25) is 0 Å². The Hall–Kier alpha value is -2.88. The van der Waals surface area contributed by atoms with Gasteiger partial charge in [-0.3, -0.25) is 9.59 Å². The minimum absolute atomic E-state index is 0.500. The van der Waals surface area contributed by atoms with Crippen LogP contribution in [0.4, 0.5) is 0 Å². The molecule has 2 rings (SSSR count). The van der Waals surface area contributed by atoms with E-state index in [1.54, 1.807) is 0 Å². The fourth-order valence-corrected chi connectivity index (χ4v) is 2.46. The molecule has 0 fully saturated rings. The van der Waals surface area contributed by atoms with E-state index < -0.39 is 18.2 Å². The van der Waals surface area contributed by atoms with Crippen LogP contribution < -0.4 is 0 Å². The van der Waals surface area contributed by atoms with Crippen LogP contribution in [0.2, 0.25) is 0 Å². The molecule has 4 heteroatoms. The molecule has 0 N–H and O–H groups in total. The van der Waals surface area contributed by atoms with E-state index in [1.165, 1.54) is 13.8 Å². The summed E-state index contributed by atoms with van der Waals surface area (Å²) in [5, 5.41) is 0. The van der Waals surface area contributed by atoms with Crippen LogP contribution in [-0.4, -0.2) is 18.2 Å². The van der Waals surface area contributed by atoms with Crippen LogP contribution in [0.15, 0.2) is 60.2 Å². The SMILES string of the molecule is CC(=O)OC(OC(C)=O)C(=Cc1ccccc1C)Cc1ccccc1. The molecule has 0 saturated carbocycles. The lowest BCUT2D eigenvalue weighted by atomic mass is 10.00. The van der Waals surface area contributed by atoms with Crippen LogP contribution in [0, 0.1) is 6.92 Å². The van der Waals surface area contributed by atoms with E-state index >= 15 is 0 Å². The summed E-state index contributed by atoms with van der Waals surface area (Å²) >= 11 is 0. The average Bonchev–Trinajstić information content (AvgIpc) is 2.56. The van der Waals surface area contributed by atoms with Gasteiger partial charge in [0.1, 0.15) is 0 Å². The van der Waals surface area contributed by atoms with Crippen LogP contribution in [-0.2, 0) is 25.5 Å². The van der Waals surface area contributed by atoms with Crippen LogP contribution in [0.25, 0.3) is 6.08 Å². The predicted molar refractivity (Wildman–Crippen MR) is 96.6 cm³/mol. The van der Waals surface area contributed by atoms with Crippen molar-refractivity contribution in [3.05, 3.63) is 76.9 Å². The van der Waals surface area contributed by atoms with E-state index in [0.717, 1.165) is 16.7 Å². The Balaban J connectivity index is 2.43. The lowest BCUT2D eigenvalue weighted by molar-refractivity contribution is -0.178. The number of carbonyl (C=O) groups is 2.